The Bertz CT molecular complexity index is 736. The van der Waals surface area contributed by atoms with E-state index >= 15 is 0 Å². The van der Waals surface area contributed by atoms with Gasteiger partial charge >= 0.3 is 6.03 Å². The van der Waals surface area contributed by atoms with Gasteiger partial charge in [0.05, 0.1) is 19.4 Å². The monoisotopic (exact) mass is 360 g/mol. The first kappa shape index (κ1) is 16.6. The second-order valence-corrected chi connectivity index (χ2v) is 6.77. The maximum absolute atomic E-state index is 12.6. The number of nitrogens with one attached hydrogen (secondary N) is 1. The first-order valence-electron chi connectivity index (χ1n) is 7.53. The van der Waals surface area contributed by atoms with Crippen LogP contribution in [-0.4, -0.2) is 10.9 Å². The first-order valence-corrected chi connectivity index (χ1v) is 8.78. The summed E-state index contributed by atoms with van der Waals surface area (Å²) in [6.07, 6.45) is 1.61. The van der Waals surface area contributed by atoms with Gasteiger partial charge in [-0.2, -0.15) is 0 Å². The van der Waals surface area contributed by atoms with Crippen molar-refractivity contribution in [3.05, 3.63) is 81.4 Å². The number of nitrogens with zero attached hydrogens (tertiary/aromatic N) is 1. The number of carbonyl (C=O) groups excluding carboxylic acids is 1. The van der Waals surface area contributed by atoms with Crippen LogP contribution in [0.25, 0.3) is 0 Å². The highest BCUT2D eigenvalue weighted by molar-refractivity contribution is 7.09. The van der Waals surface area contributed by atoms with E-state index in [4.69, 9.17) is 16.0 Å². The molecule has 1 aromatic carbocycles. The summed E-state index contributed by atoms with van der Waals surface area (Å²) in [5.74, 6) is 0.754. The average Bonchev–Trinajstić information content (AvgIpc) is 3.26. The van der Waals surface area contributed by atoms with Gasteiger partial charge in [0.2, 0.25) is 0 Å². The Labute approximate surface area is 149 Å². The van der Waals surface area contributed by atoms with Gasteiger partial charge in [-0.15, -0.1) is 11.3 Å². The fourth-order valence-corrected chi connectivity index (χ4v) is 3.25. The van der Waals surface area contributed by atoms with Crippen LogP contribution in [0.3, 0.4) is 0 Å². The zero-order valence-corrected chi connectivity index (χ0v) is 14.5. The van der Waals surface area contributed by atoms with E-state index in [-0.39, 0.29) is 6.03 Å². The van der Waals surface area contributed by atoms with Crippen LogP contribution in [0.2, 0.25) is 5.02 Å². The minimum absolute atomic E-state index is 0.139. The van der Waals surface area contributed by atoms with Gasteiger partial charge in [0.15, 0.2) is 0 Å². The number of benzene rings is 1. The van der Waals surface area contributed by atoms with Gasteiger partial charge in [-0.1, -0.05) is 29.8 Å². The van der Waals surface area contributed by atoms with Gasteiger partial charge in [-0.25, -0.2) is 4.79 Å². The van der Waals surface area contributed by atoms with Crippen LogP contribution in [0.15, 0.2) is 64.6 Å². The molecule has 1 N–H and O–H groups in total. The third kappa shape index (κ3) is 4.63. The summed E-state index contributed by atoms with van der Waals surface area (Å²) >= 11 is 7.61. The van der Waals surface area contributed by atoms with Crippen molar-refractivity contribution in [3.8, 4) is 0 Å². The molecule has 24 heavy (non-hydrogen) atoms. The Morgan fingerprint density at radius 3 is 2.79 bits per heavy atom. The lowest BCUT2D eigenvalue weighted by Crippen LogP contribution is -2.38. The molecule has 2 aromatic heterocycles. The van der Waals surface area contributed by atoms with Gasteiger partial charge in [0, 0.05) is 16.4 Å². The van der Waals surface area contributed by atoms with Crippen molar-refractivity contribution < 1.29 is 9.21 Å². The minimum atomic E-state index is -0.139. The fourth-order valence-electron chi connectivity index (χ4n) is 2.32. The summed E-state index contributed by atoms with van der Waals surface area (Å²) in [6, 6.07) is 15.0. The fraction of sp³-hybridized carbons (Fsp3) is 0.167. The lowest BCUT2D eigenvalue weighted by Gasteiger charge is -2.21. The molecule has 2 amide bonds. The van der Waals surface area contributed by atoms with E-state index in [2.05, 4.69) is 5.32 Å². The topological polar surface area (TPSA) is 45.5 Å². The van der Waals surface area contributed by atoms with E-state index in [0.29, 0.717) is 24.7 Å². The number of halogens is 1. The number of rotatable bonds is 6. The van der Waals surface area contributed by atoms with Crippen molar-refractivity contribution in [2.24, 2.45) is 0 Å². The maximum atomic E-state index is 12.6. The Balaban J connectivity index is 1.65. The van der Waals surface area contributed by atoms with E-state index in [1.54, 1.807) is 22.5 Å². The Morgan fingerprint density at radius 1 is 1.17 bits per heavy atom. The van der Waals surface area contributed by atoms with Crippen LogP contribution in [0.1, 0.15) is 16.2 Å². The number of thiophene rings is 1. The van der Waals surface area contributed by atoms with Crippen LogP contribution < -0.4 is 5.32 Å². The number of carbonyl (C=O) groups is 1. The van der Waals surface area contributed by atoms with Crippen molar-refractivity contribution in [3.63, 3.8) is 0 Å². The van der Waals surface area contributed by atoms with Crippen LogP contribution in [-0.2, 0) is 19.6 Å². The number of amides is 2. The summed E-state index contributed by atoms with van der Waals surface area (Å²) in [7, 11) is 0. The van der Waals surface area contributed by atoms with Crippen molar-refractivity contribution >= 4 is 29.0 Å². The molecular weight excluding hydrogens is 344 g/mol. The van der Waals surface area contributed by atoms with Crippen LogP contribution in [0, 0.1) is 0 Å². The van der Waals surface area contributed by atoms with Crippen LogP contribution >= 0.6 is 22.9 Å². The van der Waals surface area contributed by atoms with E-state index in [0.717, 1.165) is 16.2 Å². The van der Waals surface area contributed by atoms with E-state index in [9.17, 15) is 4.79 Å². The summed E-state index contributed by atoms with van der Waals surface area (Å²) in [5, 5.41) is 5.61. The number of hydrogen-bond donors (Lipinski definition) is 1. The quantitative estimate of drug-likeness (QED) is 0.679. The maximum Gasteiger partial charge on any atom is 0.318 e. The standard InChI is InChI=1S/C18H17ClN2O2S/c19-15-5-1-4-14(10-15)11-20-18(22)21(12-16-6-2-8-23-16)13-17-7-3-9-24-17/h1-10H,11-13H2,(H,20,22). The second-order valence-electron chi connectivity index (χ2n) is 5.30. The highest BCUT2D eigenvalue weighted by Gasteiger charge is 2.16. The van der Waals surface area contributed by atoms with Gasteiger partial charge in [-0.3, -0.25) is 0 Å². The summed E-state index contributed by atoms with van der Waals surface area (Å²) in [4.78, 5) is 15.5. The molecule has 0 saturated carbocycles. The van der Waals surface area contributed by atoms with E-state index in [1.807, 2.05) is 53.9 Å². The van der Waals surface area contributed by atoms with Crippen molar-refractivity contribution in [1.82, 2.24) is 10.2 Å². The highest BCUT2D eigenvalue weighted by Crippen LogP contribution is 2.15. The number of hydrogen-bond acceptors (Lipinski definition) is 3. The Morgan fingerprint density at radius 2 is 2.08 bits per heavy atom. The zero-order chi connectivity index (χ0) is 16.8. The van der Waals surface area contributed by atoms with E-state index in [1.165, 1.54) is 0 Å². The van der Waals surface area contributed by atoms with Crippen molar-refractivity contribution in [2.75, 3.05) is 0 Å². The van der Waals surface area contributed by atoms with Gasteiger partial charge in [0.1, 0.15) is 5.76 Å². The molecule has 0 fully saturated rings. The molecule has 3 aromatic rings. The molecule has 2 heterocycles. The molecule has 6 heteroatoms. The zero-order valence-electron chi connectivity index (χ0n) is 12.9. The van der Waals surface area contributed by atoms with Gasteiger partial charge < -0.3 is 14.6 Å². The van der Waals surface area contributed by atoms with Crippen LogP contribution in [0.5, 0.6) is 0 Å². The molecule has 0 atom stereocenters. The molecule has 0 aliphatic carbocycles. The molecular formula is C18H17ClN2O2S. The van der Waals surface area contributed by atoms with Gasteiger partial charge in [0.25, 0.3) is 0 Å². The number of urea groups is 1. The molecule has 0 saturated heterocycles. The third-order valence-electron chi connectivity index (χ3n) is 3.47. The second kappa shape index (κ2) is 8.04. The van der Waals surface area contributed by atoms with Crippen LogP contribution in [0.4, 0.5) is 4.79 Å². The predicted octanol–water partition coefficient (Wildman–Crippen LogP) is 4.91. The molecule has 0 aliphatic rings. The predicted molar refractivity (Wildman–Crippen MR) is 96.0 cm³/mol. The molecule has 0 spiro atoms. The SMILES string of the molecule is O=C(NCc1cccc(Cl)c1)N(Cc1ccco1)Cc1cccs1. The molecule has 0 radical (unpaired) electrons. The average molecular weight is 361 g/mol. The third-order valence-corrected chi connectivity index (χ3v) is 4.57. The van der Waals surface area contributed by atoms with Crippen molar-refractivity contribution in [1.29, 1.82) is 0 Å². The number of furan rings is 1. The normalized spacial score (nSPS) is 10.5. The largest absolute Gasteiger partial charge is 0.467 e. The molecule has 0 unspecified atom stereocenters. The van der Waals surface area contributed by atoms with Crippen molar-refractivity contribution in [2.45, 2.75) is 19.6 Å². The summed E-state index contributed by atoms with van der Waals surface area (Å²) in [5.41, 5.74) is 0.963. The molecule has 4 nitrogen and oxygen atoms in total. The van der Waals surface area contributed by atoms with Gasteiger partial charge in [-0.05, 0) is 41.3 Å². The Hall–Kier alpha value is -2.24. The smallest absolute Gasteiger partial charge is 0.318 e. The summed E-state index contributed by atoms with van der Waals surface area (Å²) in [6.45, 7) is 1.39. The highest BCUT2D eigenvalue weighted by atomic mass is 35.5. The Kier molecular flexibility index (Phi) is 5.56. The van der Waals surface area contributed by atoms with E-state index < -0.39 is 0 Å². The minimum Gasteiger partial charge on any atom is -0.467 e. The lowest BCUT2D eigenvalue weighted by molar-refractivity contribution is 0.187. The molecule has 0 aliphatic heterocycles. The molecule has 3 rings (SSSR count). The summed E-state index contributed by atoms with van der Waals surface area (Å²) < 4.78 is 5.38. The molecule has 0 bridgehead atoms. The lowest BCUT2D eigenvalue weighted by atomic mass is 10.2. The first-order chi connectivity index (χ1) is 11.7. The molecule has 124 valence electrons.